The van der Waals surface area contributed by atoms with E-state index in [9.17, 15) is 14.0 Å². The van der Waals surface area contributed by atoms with Crippen LogP contribution in [0.1, 0.15) is 12.8 Å². The summed E-state index contributed by atoms with van der Waals surface area (Å²) in [5.74, 6) is -1.06. The molecule has 2 rings (SSSR count). The molecule has 1 aromatic carbocycles. The largest absolute Gasteiger partial charge is 0.494 e. The smallest absolute Gasteiger partial charge is 0.317 e. The minimum absolute atomic E-state index is 0.245. The highest BCUT2D eigenvalue weighted by atomic mass is 19.1. The van der Waals surface area contributed by atoms with Gasteiger partial charge in [-0.3, -0.25) is 4.79 Å². The molecule has 1 aliphatic rings. The number of halogens is 1. The van der Waals surface area contributed by atoms with Crippen molar-refractivity contribution >= 4 is 12.0 Å². The van der Waals surface area contributed by atoms with E-state index in [2.05, 4.69) is 5.32 Å². The number of urea groups is 1. The van der Waals surface area contributed by atoms with E-state index in [4.69, 9.17) is 9.84 Å². The molecule has 0 saturated carbocycles. The van der Waals surface area contributed by atoms with Crippen molar-refractivity contribution in [2.24, 2.45) is 5.92 Å². The van der Waals surface area contributed by atoms with Crippen molar-refractivity contribution in [3.63, 3.8) is 0 Å². The molecule has 120 valence electrons. The van der Waals surface area contributed by atoms with Crippen LogP contribution in [0.4, 0.5) is 9.18 Å². The standard InChI is InChI=1S/C15H19FN2O4/c16-12-2-4-13(5-3-12)22-9-1-7-17-15(21)18-8-6-11(10-18)14(19)20/h2-5,11H,1,6-10H2,(H,17,21)(H,19,20). The first kappa shape index (κ1) is 16.1. The van der Waals surface area contributed by atoms with Crippen LogP contribution in [0.3, 0.4) is 0 Å². The number of hydrogen-bond donors (Lipinski definition) is 2. The van der Waals surface area contributed by atoms with Crippen molar-refractivity contribution in [1.29, 1.82) is 0 Å². The molecule has 1 heterocycles. The second-order valence-corrected chi connectivity index (χ2v) is 5.16. The van der Waals surface area contributed by atoms with Gasteiger partial charge >= 0.3 is 12.0 Å². The number of carbonyl (C=O) groups excluding carboxylic acids is 1. The Labute approximate surface area is 127 Å². The second kappa shape index (κ2) is 7.63. The third-order valence-electron chi connectivity index (χ3n) is 3.50. The quantitative estimate of drug-likeness (QED) is 0.784. The summed E-state index contributed by atoms with van der Waals surface area (Å²) in [6.45, 7) is 1.57. The zero-order chi connectivity index (χ0) is 15.9. The van der Waals surface area contributed by atoms with Crippen LogP contribution in [-0.4, -0.2) is 48.2 Å². The van der Waals surface area contributed by atoms with Gasteiger partial charge in [0.05, 0.1) is 12.5 Å². The number of hydrogen-bond acceptors (Lipinski definition) is 3. The lowest BCUT2D eigenvalue weighted by Gasteiger charge is -2.16. The number of rotatable bonds is 6. The molecule has 0 bridgehead atoms. The minimum atomic E-state index is -0.858. The van der Waals surface area contributed by atoms with Crippen LogP contribution in [0.2, 0.25) is 0 Å². The van der Waals surface area contributed by atoms with Gasteiger partial charge in [0.15, 0.2) is 0 Å². The number of aliphatic carboxylic acids is 1. The summed E-state index contributed by atoms with van der Waals surface area (Å²) in [5.41, 5.74) is 0. The summed E-state index contributed by atoms with van der Waals surface area (Å²) in [6.07, 6.45) is 1.11. The van der Waals surface area contributed by atoms with Crippen molar-refractivity contribution in [1.82, 2.24) is 10.2 Å². The molecule has 0 radical (unpaired) electrons. The Morgan fingerprint density at radius 1 is 1.36 bits per heavy atom. The molecule has 1 fully saturated rings. The molecule has 6 nitrogen and oxygen atoms in total. The third-order valence-corrected chi connectivity index (χ3v) is 3.50. The Morgan fingerprint density at radius 2 is 2.09 bits per heavy atom. The minimum Gasteiger partial charge on any atom is -0.494 e. The Kier molecular flexibility index (Phi) is 5.57. The first-order valence-electron chi connectivity index (χ1n) is 7.20. The fourth-order valence-electron chi connectivity index (χ4n) is 2.25. The van der Waals surface area contributed by atoms with Crippen molar-refractivity contribution < 1.29 is 23.8 Å². The van der Waals surface area contributed by atoms with E-state index < -0.39 is 11.9 Å². The average molecular weight is 310 g/mol. The topological polar surface area (TPSA) is 78.9 Å². The molecule has 2 N–H and O–H groups in total. The van der Waals surface area contributed by atoms with Gasteiger partial charge in [-0.2, -0.15) is 0 Å². The van der Waals surface area contributed by atoms with Gasteiger partial charge in [-0.1, -0.05) is 0 Å². The van der Waals surface area contributed by atoms with Crippen LogP contribution in [-0.2, 0) is 4.79 Å². The molecule has 2 amide bonds. The summed E-state index contributed by atoms with van der Waals surface area (Å²) in [4.78, 5) is 24.2. The number of nitrogens with one attached hydrogen (secondary N) is 1. The number of carboxylic acids is 1. The maximum absolute atomic E-state index is 12.7. The first-order valence-corrected chi connectivity index (χ1v) is 7.20. The highest BCUT2D eigenvalue weighted by Crippen LogP contribution is 2.16. The monoisotopic (exact) mass is 310 g/mol. The molecule has 0 aromatic heterocycles. The first-order chi connectivity index (χ1) is 10.6. The fraction of sp³-hybridized carbons (Fsp3) is 0.467. The maximum atomic E-state index is 12.7. The number of likely N-dealkylation sites (tertiary alicyclic amines) is 1. The Morgan fingerprint density at radius 3 is 2.73 bits per heavy atom. The van der Waals surface area contributed by atoms with Gasteiger partial charge in [-0.15, -0.1) is 0 Å². The van der Waals surface area contributed by atoms with Gasteiger partial charge in [0.2, 0.25) is 0 Å². The van der Waals surface area contributed by atoms with E-state index in [1.54, 1.807) is 12.1 Å². The van der Waals surface area contributed by atoms with E-state index in [-0.39, 0.29) is 18.4 Å². The van der Waals surface area contributed by atoms with Crippen LogP contribution in [0.25, 0.3) is 0 Å². The second-order valence-electron chi connectivity index (χ2n) is 5.16. The number of benzene rings is 1. The molecule has 1 aromatic rings. The lowest BCUT2D eigenvalue weighted by Crippen LogP contribution is -2.39. The molecule has 0 aliphatic carbocycles. The maximum Gasteiger partial charge on any atom is 0.317 e. The predicted octanol–water partition coefficient (Wildman–Crippen LogP) is 1.71. The van der Waals surface area contributed by atoms with E-state index in [0.29, 0.717) is 38.3 Å². The zero-order valence-corrected chi connectivity index (χ0v) is 12.1. The van der Waals surface area contributed by atoms with Gasteiger partial charge in [0.25, 0.3) is 0 Å². The number of carboxylic acid groups (broad SMARTS) is 1. The SMILES string of the molecule is O=C(O)C1CCN(C(=O)NCCCOc2ccc(F)cc2)C1. The molecule has 1 saturated heterocycles. The van der Waals surface area contributed by atoms with Gasteiger partial charge < -0.3 is 20.1 Å². The van der Waals surface area contributed by atoms with Crippen molar-refractivity contribution in [3.05, 3.63) is 30.1 Å². The number of ether oxygens (including phenoxy) is 1. The summed E-state index contributed by atoms with van der Waals surface area (Å²) in [5, 5.41) is 11.6. The third kappa shape index (κ3) is 4.61. The molecule has 1 aliphatic heterocycles. The highest BCUT2D eigenvalue weighted by Gasteiger charge is 2.30. The zero-order valence-electron chi connectivity index (χ0n) is 12.1. The number of carbonyl (C=O) groups is 2. The van der Waals surface area contributed by atoms with Gasteiger partial charge in [-0.25, -0.2) is 9.18 Å². The number of nitrogens with zero attached hydrogens (tertiary/aromatic N) is 1. The average Bonchev–Trinajstić information content (AvgIpc) is 2.99. The van der Waals surface area contributed by atoms with Crippen molar-refractivity contribution in [2.45, 2.75) is 12.8 Å². The summed E-state index contributed by atoms with van der Waals surface area (Å²) >= 11 is 0. The Bertz CT molecular complexity index is 521. The van der Waals surface area contributed by atoms with Crippen LogP contribution in [0.5, 0.6) is 5.75 Å². The predicted molar refractivity (Wildman–Crippen MR) is 77.2 cm³/mol. The molecule has 22 heavy (non-hydrogen) atoms. The van der Waals surface area contributed by atoms with Gasteiger partial charge in [0, 0.05) is 19.6 Å². The molecular formula is C15H19FN2O4. The Balaban J connectivity index is 1.59. The normalized spacial score (nSPS) is 17.3. The lowest BCUT2D eigenvalue weighted by molar-refractivity contribution is -0.141. The van der Waals surface area contributed by atoms with E-state index in [0.717, 1.165) is 0 Å². The van der Waals surface area contributed by atoms with E-state index in [1.807, 2.05) is 0 Å². The molecule has 1 atom stereocenters. The molecule has 1 unspecified atom stereocenters. The van der Waals surface area contributed by atoms with Crippen LogP contribution in [0.15, 0.2) is 24.3 Å². The van der Waals surface area contributed by atoms with Crippen LogP contribution >= 0.6 is 0 Å². The van der Waals surface area contributed by atoms with Crippen LogP contribution < -0.4 is 10.1 Å². The van der Waals surface area contributed by atoms with Gasteiger partial charge in [0.1, 0.15) is 11.6 Å². The highest BCUT2D eigenvalue weighted by molar-refractivity contribution is 5.77. The summed E-state index contributed by atoms with van der Waals surface area (Å²) < 4.78 is 18.1. The summed E-state index contributed by atoms with van der Waals surface area (Å²) in [6, 6.07) is 5.49. The molecule has 0 spiro atoms. The van der Waals surface area contributed by atoms with E-state index in [1.165, 1.54) is 17.0 Å². The van der Waals surface area contributed by atoms with Crippen LogP contribution in [0, 0.1) is 11.7 Å². The number of amides is 2. The molecule has 7 heteroatoms. The fourth-order valence-corrected chi connectivity index (χ4v) is 2.25. The Hall–Kier alpha value is -2.31. The lowest BCUT2D eigenvalue weighted by atomic mass is 10.1. The van der Waals surface area contributed by atoms with Crippen molar-refractivity contribution in [2.75, 3.05) is 26.2 Å². The summed E-state index contributed by atoms with van der Waals surface area (Å²) in [7, 11) is 0. The van der Waals surface area contributed by atoms with Crippen molar-refractivity contribution in [3.8, 4) is 5.75 Å². The molecular weight excluding hydrogens is 291 g/mol. The van der Waals surface area contributed by atoms with E-state index >= 15 is 0 Å². The van der Waals surface area contributed by atoms with Gasteiger partial charge in [-0.05, 0) is 37.1 Å².